The first-order valence-corrected chi connectivity index (χ1v) is 11.7. The predicted molar refractivity (Wildman–Crippen MR) is 136 cm³/mol. The normalized spacial score (nSPS) is 13.6. The van der Waals surface area contributed by atoms with Crippen molar-refractivity contribution < 1.29 is 33.0 Å². The lowest BCUT2D eigenvalue weighted by atomic mass is 10.0. The van der Waals surface area contributed by atoms with E-state index >= 15 is 4.39 Å². The molecular formula is C28H23F2N3O5. The molecule has 0 bridgehead atoms. The van der Waals surface area contributed by atoms with Crippen LogP contribution in [-0.4, -0.2) is 29.0 Å². The van der Waals surface area contributed by atoms with Gasteiger partial charge in [-0.15, -0.1) is 0 Å². The SMILES string of the molecule is COc1cc2nccc(Oc3cc(C)c(NC(=O)C4(C(=O)Nc5ccc(F)cc5)CC4)cc3F)c2cc1O. The minimum Gasteiger partial charge on any atom is -0.504 e. The number of amides is 2. The van der Waals surface area contributed by atoms with Crippen LogP contribution >= 0.6 is 0 Å². The van der Waals surface area contributed by atoms with E-state index in [1.807, 2.05) is 0 Å². The number of pyridine rings is 1. The second-order valence-corrected chi connectivity index (χ2v) is 9.05. The van der Waals surface area contributed by atoms with Crippen LogP contribution in [0.25, 0.3) is 10.9 Å². The van der Waals surface area contributed by atoms with E-state index in [2.05, 4.69) is 15.6 Å². The van der Waals surface area contributed by atoms with Gasteiger partial charge >= 0.3 is 0 Å². The highest BCUT2D eigenvalue weighted by molar-refractivity contribution is 6.17. The Bertz CT molecular complexity index is 1570. The van der Waals surface area contributed by atoms with Crippen molar-refractivity contribution in [1.82, 2.24) is 4.98 Å². The van der Waals surface area contributed by atoms with Crippen LogP contribution in [0.1, 0.15) is 18.4 Å². The largest absolute Gasteiger partial charge is 0.504 e. The number of rotatable bonds is 7. The molecule has 1 aliphatic carbocycles. The van der Waals surface area contributed by atoms with E-state index in [4.69, 9.17) is 9.47 Å². The summed E-state index contributed by atoms with van der Waals surface area (Å²) in [5.74, 6) is -1.97. The number of carbonyl (C=O) groups is 2. The summed E-state index contributed by atoms with van der Waals surface area (Å²) in [6.07, 6.45) is 2.16. The standard InChI is InChI=1S/C28H23F2N3O5/c1-15-11-24(38-23-7-10-31-21-14-25(37-2)22(34)12-18(21)23)19(30)13-20(15)33-27(36)28(8-9-28)26(35)32-17-5-3-16(29)4-6-17/h3-7,10-14,34H,8-9H2,1-2H3,(H,32,35)(H,33,36). The van der Waals surface area contributed by atoms with Crippen molar-refractivity contribution in [3.8, 4) is 23.0 Å². The van der Waals surface area contributed by atoms with Crippen molar-refractivity contribution in [2.24, 2.45) is 5.41 Å². The van der Waals surface area contributed by atoms with Gasteiger partial charge in [-0.1, -0.05) is 0 Å². The number of anilines is 2. The molecule has 10 heteroatoms. The number of halogens is 2. The molecule has 3 N–H and O–H groups in total. The van der Waals surface area contributed by atoms with Crippen molar-refractivity contribution >= 4 is 34.1 Å². The van der Waals surface area contributed by atoms with Gasteiger partial charge < -0.3 is 25.2 Å². The topological polar surface area (TPSA) is 110 Å². The number of nitrogens with zero attached hydrogens (tertiary/aromatic N) is 1. The number of aromatic hydroxyl groups is 1. The second kappa shape index (κ2) is 9.62. The Hall–Kier alpha value is -4.73. The van der Waals surface area contributed by atoms with Crippen LogP contribution in [0, 0.1) is 24.0 Å². The summed E-state index contributed by atoms with van der Waals surface area (Å²) in [7, 11) is 1.42. The molecule has 1 aliphatic rings. The zero-order valence-electron chi connectivity index (χ0n) is 20.5. The van der Waals surface area contributed by atoms with Gasteiger partial charge in [0, 0.05) is 35.1 Å². The van der Waals surface area contributed by atoms with Crippen molar-refractivity contribution in [2.45, 2.75) is 19.8 Å². The number of benzene rings is 3. The van der Waals surface area contributed by atoms with Crippen LogP contribution in [0.5, 0.6) is 23.0 Å². The van der Waals surface area contributed by atoms with E-state index in [-0.39, 0.29) is 28.7 Å². The third-order valence-corrected chi connectivity index (χ3v) is 6.47. The molecule has 1 aromatic heterocycles. The Morgan fingerprint density at radius 3 is 2.34 bits per heavy atom. The molecule has 0 radical (unpaired) electrons. The quantitative estimate of drug-likeness (QED) is 0.271. The van der Waals surface area contributed by atoms with Crippen LogP contribution in [-0.2, 0) is 9.59 Å². The van der Waals surface area contributed by atoms with Crippen molar-refractivity contribution in [3.05, 3.63) is 78.0 Å². The van der Waals surface area contributed by atoms with E-state index in [0.29, 0.717) is 35.0 Å². The molecule has 3 aromatic carbocycles. The first kappa shape index (κ1) is 24.9. The lowest BCUT2D eigenvalue weighted by molar-refractivity contribution is -0.131. The van der Waals surface area contributed by atoms with Crippen molar-refractivity contribution in [2.75, 3.05) is 17.7 Å². The molecule has 0 saturated heterocycles. The summed E-state index contributed by atoms with van der Waals surface area (Å²) in [4.78, 5) is 30.1. The second-order valence-electron chi connectivity index (χ2n) is 9.05. The number of aryl methyl sites for hydroxylation is 1. The lowest BCUT2D eigenvalue weighted by Crippen LogP contribution is -2.35. The Morgan fingerprint density at radius 2 is 1.66 bits per heavy atom. The van der Waals surface area contributed by atoms with Gasteiger partial charge in [0.1, 0.15) is 17.0 Å². The summed E-state index contributed by atoms with van der Waals surface area (Å²) in [5, 5.41) is 15.9. The number of ether oxygens (including phenoxy) is 2. The maximum absolute atomic E-state index is 15.1. The maximum Gasteiger partial charge on any atom is 0.240 e. The molecule has 0 aliphatic heterocycles. The number of hydrogen-bond acceptors (Lipinski definition) is 6. The molecule has 8 nitrogen and oxygen atoms in total. The van der Waals surface area contributed by atoms with Gasteiger partial charge in [0.25, 0.3) is 0 Å². The molecule has 4 aromatic rings. The number of hydrogen-bond donors (Lipinski definition) is 3. The third-order valence-electron chi connectivity index (χ3n) is 6.47. The average molecular weight is 520 g/mol. The summed E-state index contributed by atoms with van der Waals surface area (Å²) in [6, 6.07) is 12.3. The van der Waals surface area contributed by atoms with Crippen LogP contribution in [0.2, 0.25) is 0 Å². The lowest BCUT2D eigenvalue weighted by Gasteiger charge is -2.18. The van der Waals surface area contributed by atoms with Crippen LogP contribution < -0.4 is 20.1 Å². The van der Waals surface area contributed by atoms with Crippen molar-refractivity contribution in [3.63, 3.8) is 0 Å². The van der Waals surface area contributed by atoms with E-state index in [1.165, 1.54) is 61.8 Å². The number of methoxy groups -OCH3 is 1. The van der Waals surface area contributed by atoms with E-state index in [9.17, 15) is 19.1 Å². The third kappa shape index (κ3) is 4.68. The van der Waals surface area contributed by atoms with Gasteiger partial charge in [0.05, 0.1) is 12.6 Å². The number of phenols is 1. The van der Waals surface area contributed by atoms with Crippen molar-refractivity contribution in [1.29, 1.82) is 0 Å². The molecule has 0 spiro atoms. The van der Waals surface area contributed by atoms with Crippen LogP contribution in [0.15, 0.2) is 60.8 Å². The average Bonchev–Trinajstić information content (AvgIpc) is 3.71. The fraction of sp³-hybridized carbons (Fsp3) is 0.179. The molecule has 2 amide bonds. The maximum atomic E-state index is 15.1. The summed E-state index contributed by atoms with van der Waals surface area (Å²) in [5.41, 5.74) is 0.266. The molecule has 1 fully saturated rings. The first-order valence-electron chi connectivity index (χ1n) is 11.7. The highest BCUT2D eigenvalue weighted by Gasteiger charge is 2.56. The molecule has 1 heterocycles. The Morgan fingerprint density at radius 1 is 0.947 bits per heavy atom. The number of carbonyl (C=O) groups excluding carboxylic acids is 2. The number of fused-ring (bicyclic) bond motifs is 1. The molecular weight excluding hydrogens is 496 g/mol. The Balaban J connectivity index is 1.34. The van der Waals surface area contributed by atoms with Crippen LogP contribution in [0.4, 0.5) is 20.2 Å². The molecule has 0 atom stereocenters. The Kier molecular flexibility index (Phi) is 6.31. The Labute approximate surface area is 216 Å². The highest BCUT2D eigenvalue weighted by Crippen LogP contribution is 2.48. The minimum atomic E-state index is -1.29. The summed E-state index contributed by atoms with van der Waals surface area (Å²) in [6.45, 7) is 1.67. The minimum absolute atomic E-state index is 0.0986. The molecule has 5 rings (SSSR count). The number of nitrogens with one attached hydrogen (secondary N) is 2. The van der Waals surface area contributed by atoms with Gasteiger partial charge in [0.15, 0.2) is 23.1 Å². The number of phenolic OH excluding ortho intramolecular Hbond substituents is 1. The summed E-state index contributed by atoms with van der Waals surface area (Å²) >= 11 is 0. The zero-order valence-corrected chi connectivity index (χ0v) is 20.5. The zero-order chi connectivity index (χ0) is 27.0. The molecule has 194 valence electrons. The number of aromatic nitrogens is 1. The monoisotopic (exact) mass is 519 g/mol. The van der Waals surface area contributed by atoms with Gasteiger partial charge in [0.2, 0.25) is 11.8 Å². The van der Waals surface area contributed by atoms with E-state index < -0.39 is 28.9 Å². The molecule has 1 saturated carbocycles. The van der Waals surface area contributed by atoms with Gasteiger partial charge in [-0.05, 0) is 67.8 Å². The first-order chi connectivity index (χ1) is 18.2. The van der Waals surface area contributed by atoms with Gasteiger partial charge in [-0.25, -0.2) is 8.78 Å². The smallest absolute Gasteiger partial charge is 0.240 e. The fourth-order valence-corrected chi connectivity index (χ4v) is 4.08. The predicted octanol–water partition coefficient (Wildman–Crippen LogP) is 5.69. The van der Waals surface area contributed by atoms with Gasteiger partial charge in [-0.2, -0.15) is 0 Å². The molecule has 38 heavy (non-hydrogen) atoms. The summed E-state index contributed by atoms with van der Waals surface area (Å²) < 4.78 is 39.1. The fourth-order valence-electron chi connectivity index (χ4n) is 4.08. The van der Waals surface area contributed by atoms with E-state index in [0.717, 1.165) is 6.07 Å². The van der Waals surface area contributed by atoms with E-state index in [1.54, 1.807) is 6.92 Å². The van der Waals surface area contributed by atoms with Gasteiger partial charge in [-0.3, -0.25) is 14.6 Å². The van der Waals surface area contributed by atoms with Crippen LogP contribution in [0.3, 0.4) is 0 Å². The molecule has 0 unspecified atom stereocenters. The highest BCUT2D eigenvalue weighted by atomic mass is 19.1.